The van der Waals surface area contributed by atoms with Crippen molar-refractivity contribution in [3.05, 3.63) is 12.2 Å². The molecule has 0 amide bonds. The molecule has 5 atom stereocenters. The van der Waals surface area contributed by atoms with E-state index in [-0.39, 0.29) is 0 Å². The topological polar surface area (TPSA) is 114 Å². The second-order valence-electron chi connectivity index (χ2n) is 5.33. The molecule has 1 fully saturated rings. The molecule has 0 aliphatic carbocycles. The van der Waals surface area contributed by atoms with Crippen LogP contribution in [0.5, 0.6) is 0 Å². The molecular weight excluding hydrogens is 336 g/mol. The molecule has 1 aliphatic rings. The van der Waals surface area contributed by atoms with Crippen LogP contribution in [-0.2, 0) is 42.9 Å². The van der Waals surface area contributed by atoms with Crippen LogP contribution < -0.4 is 0 Å². The molecule has 1 aliphatic heterocycles. The van der Waals surface area contributed by atoms with Gasteiger partial charge >= 0.3 is 23.9 Å². The summed E-state index contributed by atoms with van der Waals surface area (Å²) in [5.41, 5.74) is 0. The molecule has 0 N–H and O–H groups in total. The quantitative estimate of drug-likeness (QED) is 0.397. The van der Waals surface area contributed by atoms with Gasteiger partial charge in [-0.1, -0.05) is 12.2 Å². The first kappa shape index (κ1) is 20.6. The number of esters is 4. The molecule has 9 heteroatoms. The van der Waals surface area contributed by atoms with Crippen LogP contribution in [0.1, 0.15) is 34.6 Å². The van der Waals surface area contributed by atoms with Gasteiger partial charge in [0.15, 0.2) is 12.2 Å². The second kappa shape index (κ2) is 9.16. The zero-order valence-corrected chi connectivity index (χ0v) is 14.7. The van der Waals surface area contributed by atoms with Crippen molar-refractivity contribution in [1.82, 2.24) is 0 Å². The highest BCUT2D eigenvalue weighted by atomic mass is 16.7. The highest BCUT2D eigenvalue weighted by molar-refractivity contribution is 5.69. The van der Waals surface area contributed by atoms with Crippen molar-refractivity contribution in [1.29, 1.82) is 0 Å². The first-order chi connectivity index (χ1) is 11.6. The van der Waals surface area contributed by atoms with Crippen molar-refractivity contribution >= 4 is 23.9 Å². The smallest absolute Gasteiger partial charge is 0.305 e. The summed E-state index contributed by atoms with van der Waals surface area (Å²) in [7, 11) is 0. The van der Waals surface area contributed by atoms with Gasteiger partial charge in [-0.25, -0.2) is 0 Å². The summed E-state index contributed by atoms with van der Waals surface area (Å²) in [6.07, 6.45) is -2.64. The molecule has 1 heterocycles. The molecule has 0 spiro atoms. The van der Waals surface area contributed by atoms with Gasteiger partial charge in [-0.2, -0.15) is 0 Å². The van der Waals surface area contributed by atoms with E-state index in [9.17, 15) is 19.2 Å². The molecule has 25 heavy (non-hydrogen) atoms. The Morgan fingerprint density at radius 1 is 0.720 bits per heavy atom. The third kappa shape index (κ3) is 6.18. The van der Waals surface area contributed by atoms with Crippen molar-refractivity contribution < 1.29 is 42.9 Å². The van der Waals surface area contributed by atoms with Crippen molar-refractivity contribution in [2.45, 2.75) is 65.3 Å². The van der Waals surface area contributed by atoms with Gasteiger partial charge in [-0.3, -0.25) is 19.2 Å². The first-order valence-electron chi connectivity index (χ1n) is 7.62. The van der Waals surface area contributed by atoms with Gasteiger partial charge in [0, 0.05) is 27.7 Å². The van der Waals surface area contributed by atoms with Crippen molar-refractivity contribution in [2.24, 2.45) is 0 Å². The summed E-state index contributed by atoms with van der Waals surface area (Å²) in [5.74, 6) is -2.74. The zero-order valence-electron chi connectivity index (χ0n) is 14.7. The molecule has 0 aromatic carbocycles. The summed E-state index contributed by atoms with van der Waals surface area (Å²) in [4.78, 5) is 45.7. The van der Waals surface area contributed by atoms with E-state index in [1.54, 1.807) is 19.1 Å². The molecule has 0 aromatic heterocycles. The summed E-state index contributed by atoms with van der Waals surface area (Å²) >= 11 is 0. The van der Waals surface area contributed by atoms with Gasteiger partial charge in [0.2, 0.25) is 12.4 Å². The molecule has 1 rings (SSSR count). The van der Waals surface area contributed by atoms with Gasteiger partial charge in [0.05, 0.1) is 0 Å². The molecule has 0 saturated carbocycles. The normalized spacial score (nSPS) is 28.9. The SMILES string of the molecule is CC=C[C@@H]1OC(OC(C)=O)C(OC(C)=O)[C@H](OC(C)=O)[C@@H]1OC(C)=O. The third-order valence-electron chi connectivity index (χ3n) is 3.10. The Balaban J connectivity index is 3.30. The molecular formula is C16H22O9. The fourth-order valence-electron chi connectivity index (χ4n) is 2.41. The maximum Gasteiger partial charge on any atom is 0.305 e. The van der Waals surface area contributed by atoms with Crippen LogP contribution in [-0.4, -0.2) is 54.6 Å². The van der Waals surface area contributed by atoms with E-state index in [1.807, 2.05) is 0 Å². The van der Waals surface area contributed by atoms with Crippen LogP contribution in [0.2, 0.25) is 0 Å². The molecule has 0 radical (unpaired) electrons. The number of rotatable bonds is 5. The number of allylic oxidation sites excluding steroid dienone is 1. The number of hydrogen-bond donors (Lipinski definition) is 0. The van der Waals surface area contributed by atoms with E-state index in [4.69, 9.17) is 23.7 Å². The predicted octanol–water partition coefficient (Wildman–Crippen LogP) is 0.646. The van der Waals surface area contributed by atoms with Crippen LogP contribution in [0, 0.1) is 0 Å². The maximum atomic E-state index is 11.5. The van der Waals surface area contributed by atoms with E-state index in [0.717, 1.165) is 20.8 Å². The fraction of sp³-hybridized carbons (Fsp3) is 0.625. The van der Waals surface area contributed by atoms with Crippen molar-refractivity contribution in [3.8, 4) is 0 Å². The van der Waals surface area contributed by atoms with Crippen LogP contribution in [0.3, 0.4) is 0 Å². The predicted molar refractivity (Wildman–Crippen MR) is 81.9 cm³/mol. The minimum Gasteiger partial charge on any atom is -0.455 e. The average Bonchev–Trinajstić information content (AvgIpc) is 2.45. The Morgan fingerprint density at radius 3 is 1.60 bits per heavy atom. The van der Waals surface area contributed by atoms with Crippen LogP contribution >= 0.6 is 0 Å². The van der Waals surface area contributed by atoms with Gasteiger partial charge in [-0.15, -0.1) is 0 Å². The van der Waals surface area contributed by atoms with Gasteiger partial charge in [0.25, 0.3) is 0 Å². The molecule has 140 valence electrons. The molecule has 0 aromatic rings. The van der Waals surface area contributed by atoms with Gasteiger partial charge < -0.3 is 23.7 Å². The van der Waals surface area contributed by atoms with Gasteiger partial charge in [-0.05, 0) is 6.92 Å². The highest BCUT2D eigenvalue weighted by Gasteiger charge is 2.52. The Labute approximate surface area is 145 Å². The maximum absolute atomic E-state index is 11.5. The zero-order chi connectivity index (χ0) is 19.1. The average molecular weight is 358 g/mol. The van der Waals surface area contributed by atoms with Crippen LogP contribution in [0.4, 0.5) is 0 Å². The number of carbonyl (C=O) groups excluding carboxylic acids is 4. The minimum atomic E-state index is -1.33. The Bertz CT molecular complexity index is 554. The summed E-state index contributed by atoms with van der Waals surface area (Å²) in [6.45, 7) is 6.31. The summed E-state index contributed by atoms with van der Waals surface area (Å²) in [5, 5.41) is 0. The Hall–Kier alpha value is -2.42. The van der Waals surface area contributed by atoms with E-state index in [2.05, 4.69) is 0 Å². The fourth-order valence-corrected chi connectivity index (χ4v) is 2.41. The number of ether oxygens (including phenoxy) is 5. The monoisotopic (exact) mass is 358 g/mol. The Kier molecular flexibility index (Phi) is 7.56. The van der Waals surface area contributed by atoms with Crippen LogP contribution in [0.15, 0.2) is 12.2 Å². The lowest BCUT2D eigenvalue weighted by Gasteiger charge is -2.43. The second-order valence-corrected chi connectivity index (χ2v) is 5.33. The van der Waals surface area contributed by atoms with E-state index in [0.29, 0.717) is 0 Å². The molecule has 0 bridgehead atoms. The molecule has 2 unspecified atom stereocenters. The van der Waals surface area contributed by atoms with Crippen molar-refractivity contribution in [2.75, 3.05) is 0 Å². The summed E-state index contributed by atoms with van der Waals surface area (Å²) < 4.78 is 26.2. The van der Waals surface area contributed by atoms with Crippen molar-refractivity contribution in [3.63, 3.8) is 0 Å². The first-order valence-corrected chi connectivity index (χ1v) is 7.62. The standard InChI is InChI=1S/C16H22O9/c1-6-7-12-13(21-8(2)17)14(22-9(3)18)15(23-10(4)19)16(25-12)24-11(5)20/h6-7,12-16H,1-5H3/t12-,13+,14+,15?,16?/m0/s1. The van der Waals surface area contributed by atoms with E-state index < -0.39 is 54.6 Å². The lowest BCUT2D eigenvalue weighted by molar-refractivity contribution is -0.287. The van der Waals surface area contributed by atoms with E-state index >= 15 is 0 Å². The lowest BCUT2D eigenvalue weighted by Crippen LogP contribution is -2.61. The molecule has 9 nitrogen and oxygen atoms in total. The minimum absolute atomic E-state index is 0.646. The number of carbonyl (C=O) groups is 4. The number of hydrogen-bond acceptors (Lipinski definition) is 9. The van der Waals surface area contributed by atoms with E-state index in [1.165, 1.54) is 6.92 Å². The van der Waals surface area contributed by atoms with Gasteiger partial charge in [0.1, 0.15) is 6.10 Å². The third-order valence-corrected chi connectivity index (χ3v) is 3.10. The highest BCUT2D eigenvalue weighted by Crippen LogP contribution is 2.30. The largest absolute Gasteiger partial charge is 0.455 e. The molecule has 1 saturated heterocycles. The lowest BCUT2D eigenvalue weighted by atomic mass is 9.97. The Morgan fingerprint density at radius 2 is 1.16 bits per heavy atom. The van der Waals surface area contributed by atoms with Crippen LogP contribution in [0.25, 0.3) is 0 Å². The summed E-state index contributed by atoms with van der Waals surface area (Å²) in [6, 6.07) is 0.